The van der Waals surface area contributed by atoms with Crippen LogP contribution in [0.4, 0.5) is 0 Å². The Bertz CT molecular complexity index is 2290. The maximum Gasteiger partial charge on any atom is 0.195 e. The second-order valence-electron chi connectivity index (χ2n) is 13.6. The van der Waals surface area contributed by atoms with Crippen molar-refractivity contribution in [1.29, 1.82) is 0 Å². The standard InChI is InChI=1S/C40H28OS/c41-36-27-12-4-8-16-34(27)42-35-22-28-26-11-2-6-14-31(26)37-18-20-40(33(28)21-29(35)36)38(23-37)17-19-39(37,40)32-15-7-3-10-25(32)24-9-1-5-13-30(24)38/h1-16,21-22H,17-20,23H2. The van der Waals surface area contributed by atoms with Crippen LogP contribution in [0.15, 0.2) is 114 Å². The lowest BCUT2D eigenvalue weighted by molar-refractivity contribution is 0.204. The van der Waals surface area contributed by atoms with Crippen LogP contribution < -0.4 is 5.43 Å². The van der Waals surface area contributed by atoms with Crippen LogP contribution in [-0.2, 0) is 21.7 Å². The van der Waals surface area contributed by atoms with Crippen molar-refractivity contribution in [3.05, 3.63) is 142 Å². The molecule has 0 radical (unpaired) electrons. The molecular weight excluding hydrogens is 529 g/mol. The Hall–Kier alpha value is -4.01. The maximum absolute atomic E-state index is 14.2. The zero-order chi connectivity index (χ0) is 27.5. The first-order valence-corrected chi connectivity index (χ1v) is 16.3. The summed E-state index contributed by atoms with van der Waals surface area (Å²) in [4.78, 5) is 14.2. The van der Waals surface area contributed by atoms with E-state index in [0.29, 0.717) is 0 Å². The van der Waals surface area contributed by atoms with Crippen molar-refractivity contribution in [2.75, 3.05) is 0 Å². The monoisotopic (exact) mass is 556 g/mol. The smallest absolute Gasteiger partial charge is 0.195 e. The highest BCUT2D eigenvalue weighted by Gasteiger charge is 2.86. The summed E-state index contributed by atoms with van der Waals surface area (Å²) in [6, 6.07) is 41.1. The molecule has 1 aromatic heterocycles. The normalized spacial score (nSPS) is 30.4. The number of hydrogen-bond donors (Lipinski definition) is 0. The number of hydrogen-bond acceptors (Lipinski definition) is 2. The van der Waals surface area contributed by atoms with Crippen molar-refractivity contribution >= 4 is 31.5 Å². The van der Waals surface area contributed by atoms with Crippen LogP contribution in [0.25, 0.3) is 42.4 Å². The number of benzene rings is 5. The van der Waals surface area contributed by atoms with E-state index in [2.05, 4.69) is 97.1 Å². The molecular formula is C40H28OS. The second kappa shape index (κ2) is 6.96. The van der Waals surface area contributed by atoms with E-state index in [4.69, 9.17) is 0 Å². The van der Waals surface area contributed by atoms with E-state index in [9.17, 15) is 4.79 Å². The molecule has 2 heteroatoms. The predicted molar refractivity (Wildman–Crippen MR) is 173 cm³/mol. The summed E-state index contributed by atoms with van der Waals surface area (Å²) in [6.45, 7) is 0. The first-order chi connectivity index (χ1) is 20.7. The van der Waals surface area contributed by atoms with Gasteiger partial charge in [0.25, 0.3) is 0 Å². The summed E-state index contributed by atoms with van der Waals surface area (Å²) in [7, 11) is 0. The molecule has 0 saturated heterocycles. The Morgan fingerprint density at radius 2 is 1.02 bits per heavy atom. The summed E-state index contributed by atoms with van der Waals surface area (Å²) >= 11 is 1.77. The quantitative estimate of drug-likeness (QED) is 0.170. The lowest BCUT2D eigenvalue weighted by Gasteiger charge is -2.50. The highest BCUT2D eigenvalue weighted by atomic mass is 32.1. The minimum atomic E-state index is -0.0615. The molecule has 0 aliphatic heterocycles. The third-order valence-corrected chi connectivity index (χ3v) is 14.0. The average Bonchev–Trinajstić information content (AvgIpc) is 3.56. The molecule has 42 heavy (non-hydrogen) atoms. The van der Waals surface area contributed by atoms with E-state index in [1.807, 2.05) is 12.1 Å². The van der Waals surface area contributed by atoms with Crippen molar-refractivity contribution in [2.45, 2.75) is 53.8 Å². The van der Waals surface area contributed by atoms with Crippen LogP contribution in [0.2, 0.25) is 0 Å². The van der Waals surface area contributed by atoms with Gasteiger partial charge in [-0.25, -0.2) is 0 Å². The van der Waals surface area contributed by atoms with Crippen molar-refractivity contribution in [3.63, 3.8) is 0 Å². The molecule has 11 rings (SSSR count). The zero-order valence-electron chi connectivity index (χ0n) is 23.2. The first-order valence-electron chi connectivity index (χ1n) is 15.4. The molecule has 4 atom stereocenters. The first kappa shape index (κ1) is 22.6. The second-order valence-corrected chi connectivity index (χ2v) is 14.7. The summed E-state index contributed by atoms with van der Waals surface area (Å²) in [5.41, 5.74) is 12.0. The molecule has 1 nitrogen and oxygen atoms in total. The van der Waals surface area contributed by atoms with Crippen LogP contribution in [0.1, 0.15) is 54.4 Å². The molecule has 0 amide bonds. The van der Waals surface area contributed by atoms with Crippen molar-refractivity contribution in [3.8, 4) is 22.3 Å². The van der Waals surface area contributed by atoms with Crippen molar-refractivity contribution < 1.29 is 0 Å². The summed E-state index contributed by atoms with van der Waals surface area (Å²) in [6.07, 6.45) is 6.00. The molecule has 6 aromatic rings. The summed E-state index contributed by atoms with van der Waals surface area (Å²) < 4.78 is 2.19. The van der Waals surface area contributed by atoms with Gasteiger partial charge in [-0.1, -0.05) is 84.9 Å². The van der Waals surface area contributed by atoms with Gasteiger partial charge in [0.2, 0.25) is 0 Å². The minimum absolute atomic E-state index is 0.00598. The molecule has 200 valence electrons. The zero-order valence-corrected chi connectivity index (χ0v) is 24.1. The van der Waals surface area contributed by atoms with Crippen molar-refractivity contribution in [1.82, 2.24) is 0 Å². The van der Waals surface area contributed by atoms with E-state index in [1.54, 1.807) is 28.0 Å². The molecule has 3 fully saturated rings. The van der Waals surface area contributed by atoms with E-state index in [1.165, 1.54) is 59.9 Å². The van der Waals surface area contributed by atoms with Crippen LogP contribution >= 0.6 is 11.3 Å². The molecule has 3 saturated carbocycles. The van der Waals surface area contributed by atoms with Gasteiger partial charge in [0.15, 0.2) is 5.43 Å². The van der Waals surface area contributed by atoms with Gasteiger partial charge in [-0.2, -0.15) is 0 Å². The van der Waals surface area contributed by atoms with E-state index >= 15 is 0 Å². The number of fused-ring (bicyclic) bond motifs is 8. The van der Waals surface area contributed by atoms with Crippen LogP contribution in [-0.4, -0.2) is 0 Å². The van der Waals surface area contributed by atoms with Crippen LogP contribution in [0, 0.1) is 0 Å². The Morgan fingerprint density at radius 1 is 0.476 bits per heavy atom. The molecule has 0 spiro atoms. The van der Waals surface area contributed by atoms with Crippen LogP contribution in [0.5, 0.6) is 0 Å². The summed E-state index contributed by atoms with van der Waals surface area (Å²) in [5.74, 6) is 0. The topological polar surface area (TPSA) is 17.1 Å². The fourth-order valence-corrected chi connectivity index (χ4v) is 13.0. The highest BCUT2D eigenvalue weighted by molar-refractivity contribution is 7.24. The SMILES string of the molecule is O=c1c2ccccc2sc2cc3c(cc12)C12CCC4(CC15CCC42c1ccccc1-c1ccccc15)c1ccccc1-3. The van der Waals surface area contributed by atoms with Gasteiger partial charge in [-0.3, -0.25) is 4.79 Å². The third-order valence-electron chi connectivity index (χ3n) is 12.8. The highest BCUT2D eigenvalue weighted by Crippen LogP contribution is 2.89. The minimum Gasteiger partial charge on any atom is -0.289 e. The predicted octanol–water partition coefficient (Wildman–Crippen LogP) is 9.42. The average molecular weight is 557 g/mol. The third kappa shape index (κ3) is 2.04. The molecule has 5 aliphatic rings. The lowest BCUT2D eigenvalue weighted by Crippen LogP contribution is -2.48. The van der Waals surface area contributed by atoms with Gasteiger partial charge in [-0.05, 0) is 101 Å². The van der Waals surface area contributed by atoms with Gasteiger partial charge in [-0.15, -0.1) is 11.3 Å². The number of rotatable bonds is 0. The molecule has 5 aromatic carbocycles. The van der Waals surface area contributed by atoms with Gasteiger partial charge in [0.05, 0.1) is 0 Å². The molecule has 4 bridgehead atoms. The maximum atomic E-state index is 14.2. The Balaban J connectivity index is 1.40. The van der Waals surface area contributed by atoms with Gasteiger partial charge in [0.1, 0.15) is 0 Å². The van der Waals surface area contributed by atoms with Gasteiger partial charge in [0, 0.05) is 41.8 Å². The fraction of sp³-hybridized carbons (Fsp3) is 0.225. The van der Waals surface area contributed by atoms with Crippen molar-refractivity contribution in [2.24, 2.45) is 0 Å². The van der Waals surface area contributed by atoms with E-state index < -0.39 is 0 Å². The van der Waals surface area contributed by atoms with E-state index in [0.717, 1.165) is 20.2 Å². The molecule has 4 unspecified atom stereocenters. The summed E-state index contributed by atoms with van der Waals surface area (Å²) in [5, 5.41) is 1.75. The molecule has 0 N–H and O–H groups in total. The fourth-order valence-electron chi connectivity index (χ4n) is 11.9. The Kier molecular flexibility index (Phi) is 3.74. The molecule has 5 aliphatic carbocycles. The molecule has 1 heterocycles. The van der Waals surface area contributed by atoms with Gasteiger partial charge >= 0.3 is 0 Å². The Morgan fingerprint density at radius 3 is 1.74 bits per heavy atom. The van der Waals surface area contributed by atoms with E-state index in [-0.39, 0.29) is 27.1 Å². The van der Waals surface area contributed by atoms with Crippen LogP contribution in [0.3, 0.4) is 0 Å². The largest absolute Gasteiger partial charge is 0.289 e. The lowest BCUT2D eigenvalue weighted by atomic mass is 9.52. The Labute approximate surface area is 248 Å². The van der Waals surface area contributed by atoms with Gasteiger partial charge < -0.3 is 0 Å².